The molecule has 5 rings (SSSR count). The number of fused-ring (bicyclic) bond motifs is 1. The van der Waals surface area contributed by atoms with E-state index in [0.717, 1.165) is 71.5 Å². The Labute approximate surface area is 187 Å². The SMILES string of the molecule is C=C(N)C1=CC=C(c2cccc(C3=NN4C(=C)C=C(C5CCNCC5)N=C4S3)c2)CC1. The second-order valence-electron chi connectivity index (χ2n) is 8.29. The molecule has 31 heavy (non-hydrogen) atoms. The minimum atomic E-state index is 0.501. The fourth-order valence-corrected chi connectivity index (χ4v) is 5.29. The van der Waals surface area contributed by atoms with Crippen LogP contribution in [0.4, 0.5) is 0 Å². The van der Waals surface area contributed by atoms with Gasteiger partial charge in [0.25, 0.3) is 0 Å². The van der Waals surface area contributed by atoms with Gasteiger partial charge < -0.3 is 11.1 Å². The molecule has 3 aliphatic heterocycles. The van der Waals surface area contributed by atoms with Crippen molar-refractivity contribution in [3.05, 3.63) is 89.4 Å². The molecule has 0 aromatic heterocycles. The van der Waals surface area contributed by atoms with Crippen LogP contribution < -0.4 is 11.1 Å². The first-order chi connectivity index (χ1) is 15.1. The summed E-state index contributed by atoms with van der Waals surface area (Å²) >= 11 is 1.63. The van der Waals surface area contributed by atoms with Gasteiger partial charge in [-0.3, -0.25) is 0 Å². The quantitative estimate of drug-likeness (QED) is 0.726. The number of aliphatic imine (C=N–C) groups is 1. The van der Waals surface area contributed by atoms with Gasteiger partial charge in [0.1, 0.15) is 5.04 Å². The van der Waals surface area contributed by atoms with Crippen LogP contribution in [0.25, 0.3) is 5.57 Å². The van der Waals surface area contributed by atoms with Gasteiger partial charge in [0.2, 0.25) is 0 Å². The van der Waals surface area contributed by atoms with Gasteiger partial charge in [-0.2, -0.15) is 5.10 Å². The molecule has 4 aliphatic rings. The number of nitrogens with zero attached hydrogens (tertiary/aromatic N) is 3. The van der Waals surface area contributed by atoms with Crippen molar-refractivity contribution in [2.24, 2.45) is 21.7 Å². The van der Waals surface area contributed by atoms with Gasteiger partial charge in [0.05, 0.1) is 5.70 Å². The molecule has 0 bridgehead atoms. The van der Waals surface area contributed by atoms with E-state index in [1.165, 1.54) is 11.1 Å². The first kappa shape index (κ1) is 20.1. The smallest absolute Gasteiger partial charge is 0.196 e. The molecule has 0 atom stereocenters. The summed E-state index contributed by atoms with van der Waals surface area (Å²) in [4.78, 5) is 4.95. The lowest BCUT2D eigenvalue weighted by molar-refractivity contribution is 0.413. The maximum Gasteiger partial charge on any atom is 0.196 e. The normalized spacial score (nSPS) is 21.6. The van der Waals surface area contributed by atoms with E-state index in [-0.39, 0.29) is 0 Å². The summed E-state index contributed by atoms with van der Waals surface area (Å²) < 4.78 is 0. The van der Waals surface area contributed by atoms with Crippen molar-refractivity contribution in [2.45, 2.75) is 25.7 Å². The average molecular weight is 430 g/mol. The zero-order valence-electron chi connectivity index (χ0n) is 17.6. The Balaban J connectivity index is 1.37. The van der Waals surface area contributed by atoms with Gasteiger partial charge in [-0.05, 0) is 79.4 Å². The molecule has 1 aromatic rings. The van der Waals surface area contributed by atoms with E-state index < -0.39 is 0 Å². The number of piperidine rings is 1. The molecule has 6 heteroatoms. The van der Waals surface area contributed by atoms with Crippen LogP contribution in [0.1, 0.15) is 36.8 Å². The van der Waals surface area contributed by atoms with Crippen molar-refractivity contribution in [3.8, 4) is 0 Å². The van der Waals surface area contributed by atoms with Gasteiger partial charge in [0.15, 0.2) is 5.17 Å². The molecule has 3 heterocycles. The highest BCUT2D eigenvalue weighted by atomic mass is 32.2. The van der Waals surface area contributed by atoms with Crippen LogP contribution in [0.2, 0.25) is 0 Å². The van der Waals surface area contributed by atoms with Crippen LogP contribution in [0.15, 0.2) is 88.4 Å². The zero-order chi connectivity index (χ0) is 21.4. The number of benzene rings is 1. The lowest BCUT2D eigenvalue weighted by Gasteiger charge is -2.27. The summed E-state index contributed by atoms with van der Waals surface area (Å²) in [5.41, 5.74) is 13.3. The lowest BCUT2D eigenvalue weighted by Crippen LogP contribution is -2.30. The lowest BCUT2D eigenvalue weighted by atomic mass is 9.91. The van der Waals surface area contributed by atoms with Gasteiger partial charge in [-0.1, -0.05) is 43.5 Å². The van der Waals surface area contributed by atoms with Crippen molar-refractivity contribution in [1.29, 1.82) is 0 Å². The maximum absolute atomic E-state index is 5.84. The molecule has 5 nitrogen and oxygen atoms in total. The van der Waals surface area contributed by atoms with Crippen molar-refractivity contribution < 1.29 is 0 Å². The Hall–Kier alpha value is -2.83. The maximum atomic E-state index is 5.84. The average Bonchev–Trinajstić information content (AvgIpc) is 3.25. The number of hydrogen-bond acceptors (Lipinski definition) is 6. The second-order valence-corrected chi connectivity index (χ2v) is 9.24. The first-order valence-electron chi connectivity index (χ1n) is 10.8. The van der Waals surface area contributed by atoms with Crippen LogP contribution in [0.5, 0.6) is 0 Å². The minimum absolute atomic E-state index is 0.501. The molecule has 1 fully saturated rings. The Morgan fingerprint density at radius 1 is 1.16 bits per heavy atom. The Bertz CT molecular complexity index is 1100. The third-order valence-corrected chi connectivity index (χ3v) is 7.13. The van der Waals surface area contributed by atoms with Crippen molar-refractivity contribution in [2.75, 3.05) is 13.1 Å². The van der Waals surface area contributed by atoms with Gasteiger partial charge in [0, 0.05) is 22.9 Å². The fraction of sp³-hybridized carbons (Fsp3) is 0.280. The topological polar surface area (TPSA) is 66.0 Å². The molecule has 0 amide bonds. The molecule has 158 valence electrons. The third-order valence-electron chi connectivity index (χ3n) is 6.17. The standard InChI is InChI=1S/C25H27N5S/c1-16-14-23(20-10-12-27-13-11-20)28-25-30(16)29-24(31-25)22-5-3-4-21(15-22)19-8-6-18(7-9-19)17(2)26/h3-6,8,14-15,20,27H,1-2,7,9-13,26H2. The van der Waals surface area contributed by atoms with E-state index in [4.69, 9.17) is 15.8 Å². The molecular formula is C25H27N5S. The van der Waals surface area contributed by atoms with Gasteiger partial charge in [-0.15, -0.1) is 0 Å². The molecule has 3 N–H and O–H groups in total. The van der Waals surface area contributed by atoms with E-state index in [9.17, 15) is 0 Å². The molecule has 0 saturated carbocycles. The molecule has 0 spiro atoms. The largest absolute Gasteiger partial charge is 0.399 e. The minimum Gasteiger partial charge on any atom is -0.399 e. The summed E-state index contributed by atoms with van der Waals surface area (Å²) in [5, 5.41) is 12.0. The summed E-state index contributed by atoms with van der Waals surface area (Å²) in [5.74, 6) is 0.501. The Morgan fingerprint density at radius 2 is 1.97 bits per heavy atom. The predicted molar refractivity (Wildman–Crippen MR) is 131 cm³/mol. The Morgan fingerprint density at radius 3 is 2.71 bits per heavy atom. The van der Waals surface area contributed by atoms with Crippen LogP contribution >= 0.6 is 11.8 Å². The number of hydrogen-bond donors (Lipinski definition) is 2. The molecule has 0 radical (unpaired) electrons. The monoisotopic (exact) mass is 429 g/mol. The van der Waals surface area contributed by atoms with Crippen molar-refractivity contribution in [3.63, 3.8) is 0 Å². The molecule has 1 aliphatic carbocycles. The highest BCUT2D eigenvalue weighted by Crippen LogP contribution is 2.36. The molecule has 1 aromatic carbocycles. The van der Waals surface area contributed by atoms with Crippen LogP contribution in [-0.2, 0) is 0 Å². The van der Waals surface area contributed by atoms with Gasteiger partial charge >= 0.3 is 0 Å². The number of nitrogens with one attached hydrogen (secondary N) is 1. The number of rotatable bonds is 4. The van der Waals surface area contributed by atoms with Crippen LogP contribution in [-0.4, -0.2) is 28.3 Å². The van der Waals surface area contributed by atoms with E-state index in [1.54, 1.807) is 11.8 Å². The summed E-state index contributed by atoms with van der Waals surface area (Å²) in [7, 11) is 0. The van der Waals surface area contributed by atoms with E-state index in [2.05, 4.69) is 61.0 Å². The molecular weight excluding hydrogens is 402 g/mol. The fourth-order valence-electron chi connectivity index (χ4n) is 4.36. The van der Waals surface area contributed by atoms with E-state index in [1.807, 2.05) is 5.01 Å². The zero-order valence-corrected chi connectivity index (χ0v) is 18.4. The van der Waals surface area contributed by atoms with E-state index in [0.29, 0.717) is 11.6 Å². The second kappa shape index (κ2) is 8.36. The van der Waals surface area contributed by atoms with E-state index >= 15 is 0 Å². The number of thioether (sulfide) groups is 1. The predicted octanol–water partition coefficient (Wildman–Crippen LogP) is 4.74. The third kappa shape index (κ3) is 4.05. The number of hydrazone groups is 1. The highest BCUT2D eigenvalue weighted by molar-refractivity contribution is 8.27. The molecule has 1 saturated heterocycles. The van der Waals surface area contributed by atoms with Crippen LogP contribution in [0.3, 0.4) is 0 Å². The molecule has 0 unspecified atom stereocenters. The van der Waals surface area contributed by atoms with Crippen LogP contribution in [0, 0.1) is 5.92 Å². The summed E-state index contributed by atoms with van der Waals surface area (Å²) in [6, 6.07) is 8.59. The summed E-state index contributed by atoms with van der Waals surface area (Å²) in [6.07, 6.45) is 10.5. The Kier molecular flexibility index (Phi) is 5.42. The highest BCUT2D eigenvalue weighted by Gasteiger charge is 2.31. The summed E-state index contributed by atoms with van der Waals surface area (Å²) in [6.45, 7) is 10.2. The first-order valence-corrected chi connectivity index (χ1v) is 11.6. The number of nitrogens with two attached hydrogens (primary N) is 1. The number of allylic oxidation sites excluding steroid dienone is 6. The van der Waals surface area contributed by atoms with Crippen molar-refractivity contribution in [1.82, 2.24) is 10.3 Å². The number of amidine groups is 1. The van der Waals surface area contributed by atoms with Gasteiger partial charge in [-0.25, -0.2) is 10.0 Å². The van der Waals surface area contributed by atoms with Crippen molar-refractivity contribution >= 4 is 27.5 Å².